The van der Waals surface area contributed by atoms with Gasteiger partial charge >= 0.3 is 0 Å². The summed E-state index contributed by atoms with van der Waals surface area (Å²) >= 11 is 0. The number of ketones is 1. The zero-order chi connectivity index (χ0) is 12.2. The molecule has 0 spiro atoms. The minimum atomic E-state index is -0.200. The van der Waals surface area contributed by atoms with Crippen molar-refractivity contribution in [2.75, 3.05) is 6.61 Å². The third kappa shape index (κ3) is 4.65. The lowest BCUT2D eigenvalue weighted by Gasteiger charge is -2.28. The van der Waals surface area contributed by atoms with E-state index >= 15 is 0 Å². The molecule has 2 heteroatoms. The van der Waals surface area contributed by atoms with E-state index in [4.69, 9.17) is 4.74 Å². The first-order chi connectivity index (χ1) is 7.42. The van der Waals surface area contributed by atoms with Crippen LogP contribution in [0.5, 0.6) is 0 Å². The van der Waals surface area contributed by atoms with Crippen molar-refractivity contribution in [3.05, 3.63) is 0 Å². The van der Waals surface area contributed by atoms with E-state index in [1.807, 2.05) is 20.8 Å². The smallest absolute Gasteiger partial charge is 0.161 e. The van der Waals surface area contributed by atoms with Crippen LogP contribution < -0.4 is 0 Å². The van der Waals surface area contributed by atoms with E-state index in [0.717, 1.165) is 18.8 Å². The number of carbonyl (C=O) groups is 1. The van der Waals surface area contributed by atoms with Gasteiger partial charge in [0.2, 0.25) is 0 Å². The molecule has 0 aromatic heterocycles. The van der Waals surface area contributed by atoms with E-state index < -0.39 is 0 Å². The van der Waals surface area contributed by atoms with Gasteiger partial charge in [-0.3, -0.25) is 4.79 Å². The summed E-state index contributed by atoms with van der Waals surface area (Å²) in [6.07, 6.45) is 5.89. The van der Waals surface area contributed by atoms with Gasteiger partial charge in [-0.2, -0.15) is 0 Å². The van der Waals surface area contributed by atoms with Gasteiger partial charge in [0.1, 0.15) is 6.61 Å². The Hall–Kier alpha value is -0.370. The Kier molecular flexibility index (Phi) is 4.97. The van der Waals surface area contributed by atoms with Gasteiger partial charge in [-0.1, -0.05) is 26.2 Å². The molecular formula is C14H26O2. The Balaban J connectivity index is 2.36. The molecule has 0 aromatic carbocycles. The Bertz CT molecular complexity index is 227. The number of hydrogen-bond donors (Lipinski definition) is 0. The summed E-state index contributed by atoms with van der Waals surface area (Å²) in [4.78, 5) is 12.0. The Morgan fingerprint density at radius 1 is 1.31 bits per heavy atom. The maximum atomic E-state index is 12.0. The minimum Gasteiger partial charge on any atom is -0.368 e. The van der Waals surface area contributed by atoms with Crippen LogP contribution in [0.1, 0.15) is 59.8 Å². The van der Waals surface area contributed by atoms with Gasteiger partial charge in [0, 0.05) is 5.92 Å². The number of hydrogen-bond acceptors (Lipinski definition) is 2. The molecule has 0 N–H and O–H groups in total. The fourth-order valence-corrected chi connectivity index (χ4v) is 2.36. The minimum absolute atomic E-state index is 0.200. The molecule has 0 aromatic rings. The highest BCUT2D eigenvalue weighted by molar-refractivity contribution is 5.82. The van der Waals surface area contributed by atoms with E-state index in [-0.39, 0.29) is 11.5 Å². The molecular weight excluding hydrogens is 200 g/mol. The van der Waals surface area contributed by atoms with Crippen molar-refractivity contribution in [1.82, 2.24) is 0 Å². The molecule has 0 saturated heterocycles. The number of Topliss-reactive ketones (excluding diaryl/α,β-unsaturated/α-hetero) is 1. The third-order valence-electron chi connectivity index (χ3n) is 3.46. The van der Waals surface area contributed by atoms with Gasteiger partial charge in [0.25, 0.3) is 0 Å². The monoisotopic (exact) mass is 226 g/mol. The van der Waals surface area contributed by atoms with Crippen LogP contribution in [0.25, 0.3) is 0 Å². The molecule has 0 bridgehead atoms. The first kappa shape index (κ1) is 13.7. The molecule has 1 fully saturated rings. The predicted octanol–water partition coefficient (Wildman–Crippen LogP) is 3.59. The van der Waals surface area contributed by atoms with Crippen molar-refractivity contribution in [1.29, 1.82) is 0 Å². The first-order valence-electron chi connectivity index (χ1n) is 6.59. The van der Waals surface area contributed by atoms with Crippen LogP contribution in [-0.4, -0.2) is 18.0 Å². The van der Waals surface area contributed by atoms with Gasteiger partial charge < -0.3 is 4.74 Å². The lowest BCUT2D eigenvalue weighted by Crippen LogP contribution is -2.30. The van der Waals surface area contributed by atoms with Crippen molar-refractivity contribution in [3.63, 3.8) is 0 Å². The first-order valence-corrected chi connectivity index (χ1v) is 6.59. The molecule has 94 valence electrons. The van der Waals surface area contributed by atoms with Gasteiger partial charge in [0.15, 0.2) is 5.78 Å². The summed E-state index contributed by atoms with van der Waals surface area (Å²) in [6, 6.07) is 0. The summed E-state index contributed by atoms with van der Waals surface area (Å²) in [5, 5.41) is 0. The van der Waals surface area contributed by atoms with Crippen LogP contribution in [-0.2, 0) is 9.53 Å². The third-order valence-corrected chi connectivity index (χ3v) is 3.46. The summed E-state index contributed by atoms with van der Waals surface area (Å²) in [5.41, 5.74) is -0.200. The molecule has 0 amide bonds. The average Bonchev–Trinajstić information content (AvgIpc) is 2.25. The quantitative estimate of drug-likeness (QED) is 0.732. The van der Waals surface area contributed by atoms with Crippen molar-refractivity contribution in [2.45, 2.75) is 65.4 Å². The second kappa shape index (κ2) is 5.81. The molecule has 2 nitrogen and oxygen atoms in total. The number of carbonyl (C=O) groups excluding carboxylic acids is 1. The van der Waals surface area contributed by atoms with Crippen LogP contribution >= 0.6 is 0 Å². The zero-order valence-electron chi connectivity index (χ0n) is 11.2. The maximum Gasteiger partial charge on any atom is 0.161 e. The summed E-state index contributed by atoms with van der Waals surface area (Å²) < 4.78 is 5.56. The zero-order valence-corrected chi connectivity index (χ0v) is 11.2. The highest BCUT2D eigenvalue weighted by Crippen LogP contribution is 2.31. The topological polar surface area (TPSA) is 26.3 Å². The molecule has 1 aliphatic rings. The summed E-state index contributed by atoms with van der Waals surface area (Å²) in [7, 11) is 0. The Morgan fingerprint density at radius 2 is 2.00 bits per heavy atom. The SMILES string of the molecule is CCC1CCCC(C(=O)COC(C)(C)C)C1. The second-order valence-electron chi connectivity index (χ2n) is 6.01. The Morgan fingerprint density at radius 3 is 2.56 bits per heavy atom. The van der Waals surface area contributed by atoms with E-state index in [0.29, 0.717) is 12.4 Å². The van der Waals surface area contributed by atoms with Crippen molar-refractivity contribution >= 4 is 5.78 Å². The molecule has 16 heavy (non-hydrogen) atoms. The highest BCUT2D eigenvalue weighted by Gasteiger charge is 2.27. The van der Waals surface area contributed by atoms with Crippen LogP contribution in [0.3, 0.4) is 0 Å². The van der Waals surface area contributed by atoms with Gasteiger partial charge in [-0.15, -0.1) is 0 Å². The second-order valence-corrected chi connectivity index (χ2v) is 6.01. The predicted molar refractivity (Wildman–Crippen MR) is 66.5 cm³/mol. The lowest BCUT2D eigenvalue weighted by molar-refractivity contribution is -0.133. The fraction of sp³-hybridized carbons (Fsp3) is 0.929. The molecule has 0 heterocycles. The molecule has 1 saturated carbocycles. The van der Waals surface area contributed by atoms with Crippen LogP contribution in [0.15, 0.2) is 0 Å². The van der Waals surface area contributed by atoms with Gasteiger partial charge in [-0.25, -0.2) is 0 Å². The molecule has 2 unspecified atom stereocenters. The van der Waals surface area contributed by atoms with Crippen LogP contribution in [0.2, 0.25) is 0 Å². The lowest BCUT2D eigenvalue weighted by atomic mass is 9.78. The normalized spacial score (nSPS) is 26.8. The molecule has 0 radical (unpaired) electrons. The van der Waals surface area contributed by atoms with E-state index in [1.54, 1.807) is 0 Å². The van der Waals surface area contributed by atoms with Crippen molar-refractivity contribution in [3.8, 4) is 0 Å². The Labute approximate surface area is 99.8 Å². The average molecular weight is 226 g/mol. The molecule has 0 aliphatic heterocycles. The van der Waals surface area contributed by atoms with E-state index in [1.165, 1.54) is 19.3 Å². The van der Waals surface area contributed by atoms with Crippen LogP contribution in [0, 0.1) is 11.8 Å². The molecule has 1 rings (SSSR count). The fourth-order valence-electron chi connectivity index (χ4n) is 2.36. The summed E-state index contributed by atoms with van der Waals surface area (Å²) in [6.45, 7) is 8.51. The maximum absolute atomic E-state index is 12.0. The van der Waals surface area contributed by atoms with Crippen molar-refractivity contribution in [2.24, 2.45) is 11.8 Å². The highest BCUT2D eigenvalue weighted by atomic mass is 16.5. The van der Waals surface area contributed by atoms with Gasteiger partial charge in [-0.05, 0) is 39.5 Å². The number of rotatable bonds is 4. The standard InChI is InChI=1S/C14H26O2/c1-5-11-7-6-8-12(9-11)13(15)10-16-14(2,3)4/h11-12H,5-10H2,1-4H3. The number of ether oxygens (including phenoxy) is 1. The van der Waals surface area contributed by atoms with E-state index in [2.05, 4.69) is 6.92 Å². The summed E-state index contributed by atoms with van der Waals surface area (Å²) in [5.74, 6) is 1.34. The largest absolute Gasteiger partial charge is 0.368 e. The molecule has 2 atom stereocenters. The molecule has 1 aliphatic carbocycles. The van der Waals surface area contributed by atoms with Crippen LogP contribution in [0.4, 0.5) is 0 Å². The van der Waals surface area contributed by atoms with Crippen molar-refractivity contribution < 1.29 is 9.53 Å². The van der Waals surface area contributed by atoms with E-state index in [9.17, 15) is 4.79 Å². The van der Waals surface area contributed by atoms with Gasteiger partial charge in [0.05, 0.1) is 5.60 Å².